The van der Waals surface area contributed by atoms with Crippen LogP contribution in [0.5, 0.6) is 11.5 Å². The van der Waals surface area contributed by atoms with E-state index in [1.165, 1.54) is 0 Å². The van der Waals surface area contributed by atoms with Crippen LogP contribution in [0, 0.1) is 0 Å². The molecule has 0 saturated carbocycles. The van der Waals surface area contributed by atoms with Crippen LogP contribution >= 0.6 is 0 Å². The molecule has 0 radical (unpaired) electrons. The van der Waals surface area contributed by atoms with Gasteiger partial charge >= 0.3 is 0 Å². The molecule has 14 heavy (non-hydrogen) atoms. The molecule has 1 aliphatic rings. The van der Waals surface area contributed by atoms with Gasteiger partial charge in [-0.25, -0.2) is 0 Å². The van der Waals surface area contributed by atoms with Crippen molar-refractivity contribution in [2.75, 3.05) is 13.8 Å². The van der Waals surface area contributed by atoms with Crippen LogP contribution in [0.15, 0.2) is 18.1 Å². The Balaban J connectivity index is 2.85. The highest BCUT2D eigenvalue weighted by Gasteiger charge is 2.13. The number of ether oxygens (including phenoxy) is 2. The molecule has 3 heteroatoms. The molecule has 0 aromatic heterocycles. The van der Waals surface area contributed by atoms with Crippen molar-refractivity contribution in [1.82, 2.24) is 5.31 Å². The Labute approximate surface area is 102 Å². The van der Waals surface area contributed by atoms with Gasteiger partial charge in [-0.2, -0.15) is 0 Å². The second kappa shape index (κ2) is 3.88. The molecule has 1 heterocycles. The number of hydrogen-bond donors (Lipinski definition) is 1. The molecule has 76 valence electrons. The quantitative estimate of drug-likeness (QED) is 0.814. The zero-order chi connectivity index (χ0) is 21.2. The van der Waals surface area contributed by atoms with Gasteiger partial charge in [0.1, 0.15) is 1.41 Å². The first-order valence-corrected chi connectivity index (χ1v) is 3.68. The van der Waals surface area contributed by atoms with Crippen LogP contribution in [0.3, 0.4) is 0 Å². The molecule has 3 nitrogen and oxygen atoms in total. The first-order valence-electron chi connectivity index (χ1n) is 10.1. The number of likely N-dealkylation sites (N-methyl/N-ethyl adjacent to an activating group) is 1. The summed E-state index contributed by atoms with van der Waals surface area (Å²) in [6.45, 7) is -7.58. The summed E-state index contributed by atoms with van der Waals surface area (Å²) in [5.41, 5.74) is -1.05. The van der Waals surface area contributed by atoms with Crippen molar-refractivity contribution < 1.29 is 27.3 Å². The average molecular weight is 206 g/mol. The van der Waals surface area contributed by atoms with Crippen molar-refractivity contribution >= 4 is 0 Å². The number of hydrogen-bond acceptors (Lipinski definition) is 3. The lowest BCUT2D eigenvalue weighted by atomic mass is 10.1. The summed E-state index contributed by atoms with van der Waals surface area (Å²) in [6, 6.07) is -6.27. The van der Waals surface area contributed by atoms with Crippen LogP contribution in [0.25, 0.3) is 0 Å². The molecule has 1 aromatic rings. The van der Waals surface area contributed by atoms with Gasteiger partial charge in [0.15, 0.2) is 11.5 Å². The molecule has 2 rings (SSSR count). The predicted octanol–water partition coefficient (Wildman–Crippen LogP) is 1.57. The average Bonchev–Trinajstić information content (AvgIpc) is 2.99. The third kappa shape index (κ3) is 1.82. The first kappa shape index (κ1) is 2.47. The van der Waals surface area contributed by atoms with Crippen LogP contribution in [0.2, 0.25) is 1.41 Å². The van der Waals surface area contributed by atoms with Crippen LogP contribution in [0.1, 0.15) is 28.9 Å². The minimum atomic E-state index is -3.74. The van der Waals surface area contributed by atoms with Crippen LogP contribution < -0.4 is 14.8 Å². The smallest absolute Gasteiger partial charge is 0.231 e. The zero-order valence-electron chi connectivity index (χ0n) is 20.0. The molecule has 0 saturated heterocycles. The topological polar surface area (TPSA) is 30.5 Å². The fourth-order valence-corrected chi connectivity index (χ4v) is 0.937. The molecule has 1 unspecified atom stereocenters. The second-order valence-corrected chi connectivity index (χ2v) is 2.40. The Morgan fingerprint density at radius 3 is 3.57 bits per heavy atom. The fraction of sp³-hybridized carbons (Fsp3) is 0.455. The molecular formula is C11H15NO2. The zero-order valence-corrected chi connectivity index (χ0v) is 6.97. The van der Waals surface area contributed by atoms with Gasteiger partial charge < -0.3 is 14.8 Å². The van der Waals surface area contributed by atoms with Crippen LogP contribution in [-0.4, -0.2) is 19.8 Å². The maximum Gasteiger partial charge on any atom is 0.231 e. The van der Waals surface area contributed by atoms with Crippen LogP contribution in [0.4, 0.5) is 0 Å². The molecule has 0 amide bonds. The normalized spacial score (nSPS) is 34.5. The van der Waals surface area contributed by atoms with Gasteiger partial charge in [0.05, 0.1) is 4.11 Å². The summed E-state index contributed by atoms with van der Waals surface area (Å²) in [5, 5.41) is -0.680. The molecule has 0 spiro atoms. The lowest BCUT2D eigenvalue weighted by Crippen LogP contribution is -2.23. The van der Waals surface area contributed by atoms with Crippen molar-refractivity contribution in [3.05, 3.63) is 23.7 Å². The highest BCUT2D eigenvalue weighted by Crippen LogP contribution is 2.32. The standard InChI is InChI=1S/C11H15NO2/c1-8(12-2)5-9-3-4-10-11(6-9)14-7-13-10/h3-4,6,8,12H,5,7H2,1-2H3/i1D3,2D3,3D,4D,5D2,6D,8D/hD. The van der Waals surface area contributed by atoms with E-state index in [1.807, 2.05) is 0 Å². The van der Waals surface area contributed by atoms with Crippen LogP contribution in [-0.2, 0) is 6.37 Å². The van der Waals surface area contributed by atoms with Crippen molar-refractivity contribution in [3.63, 3.8) is 0 Å². The maximum absolute atomic E-state index is 8.22. The van der Waals surface area contributed by atoms with E-state index in [-0.39, 0.29) is 5.75 Å². The number of nitrogens with one attached hydrogen (secondary N) is 1. The SMILES string of the molecule is [2H]c1c([2H])c(C([2H])([2H])C([2H])(N([2H])C([2H])([2H])[2H])C([2H])([2H])[2H])c([2H])c2c1OCO2. The Hall–Kier alpha value is -1.22. The van der Waals surface area contributed by atoms with Gasteiger partial charge in [-0.05, 0) is 37.8 Å². The van der Waals surface area contributed by atoms with Crippen molar-refractivity contribution in [2.45, 2.75) is 19.2 Å². The fourth-order valence-electron chi connectivity index (χ4n) is 0.937. The Kier molecular flexibility index (Phi) is 0.686. The monoisotopic (exact) mass is 206 g/mol. The largest absolute Gasteiger partial charge is 0.454 e. The Bertz CT molecular complexity index is 758. The molecule has 0 bridgehead atoms. The van der Waals surface area contributed by atoms with E-state index in [2.05, 4.69) is 0 Å². The van der Waals surface area contributed by atoms with E-state index >= 15 is 0 Å². The highest BCUT2D eigenvalue weighted by molar-refractivity contribution is 5.44. The third-order valence-electron chi connectivity index (χ3n) is 1.51. The minimum Gasteiger partial charge on any atom is -0.454 e. The Morgan fingerprint density at radius 2 is 2.71 bits per heavy atom. The van der Waals surface area contributed by atoms with Crippen molar-refractivity contribution in [3.8, 4) is 11.5 Å². The lowest BCUT2D eigenvalue weighted by molar-refractivity contribution is 0.174. The van der Waals surface area contributed by atoms with E-state index < -0.39 is 67.8 Å². The first-order chi connectivity index (χ1) is 12.0. The highest BCUT2D eigenvalue weighted by atomic mass is 16.7. The van der Waals surface area contributed by atoms with E-state index in [0.29, 0.717) is 0 Å². The van der Waals surface area contributed by atoms with E-state index in [1.54, 1.807) is 0 Å². The summed E-state index contributed by atoms with van der Waals surface area (Å²) >= 11 is 0. The number of fused-ring (bicyclic) bond motifs is 1. The molecule has 1 atom stereocenters. The molecular weight excluding hydrogens is 178 g/mol. The minimum absolute atomic E-state index is 0.312. The van der Waals surface area contributed by atoms with Gasteiger partial charge in [-0.3, -0.25) is 0 Å². The van der Waals surface area contributed by atoms with E-state index in [9.17, 15) is 0 Å². The molecule has 0 fully saturated rings. The number of rotatable bonds is 3. The Morgan fingerprint density at radius 1 is 1.79 bits per heavy atom. The lowest BCUT2D eigenvalue weighted by Gasteiger charge is -2.09. The van der Waals surface area contributed by atoms with Gasteiger partial charge in [0.25, 0.3) is 0 Å². The number of benzene rings is 1. The van der Waals surface area contributed by atoms with Gasteiger partial charge in [0, 0.05) is 18.4 Å². The van der Waals surface area contributed by atoms with Gasteiger partial charge in [-0.1, -0.05) is 6.04 Å². The van der Waals surface area contributed by atoms with Crippen molar-refractivity contribution in [1.29, 1.82) is 0 Å². The van der Waals surface area contributed by atoms with E-state index in [0.717, 1.165) is 0 Å². The summed E-state index contributed by atoms with van der Waals surface area (Å²) in [5.74, 6) is -0.735. The molecule has 1 N–H and O–H groups in total. The summed E-state index contributed by atoms with van der Waals surface area (Å²) in [6.07, 6.45) is -3.56. The summed E-state index contributed by atoms with van der Waals surface area (Å²) < 4.78 is 110. The van der Waals surface area contributed by atoms with Crippen molar-refractivity contribution in [2.24, 2.45) is 0 Å². The van der Waals surface area contributed by atoms with Gasteiger partial charge in [0.2, 0.25) is 6.79 Å². The summed E-state index contributed by atoms with van der Waals surface area (Å²) in [7, 11) is 0. The maximum atomic E-state index is 8.22. The molecule has 1 aliphatic heterocycles. The summed E-state index contributed by atoms with van der Waals surface area (Å²) in [4.78, 5) is 0. The predicted molar refractivity (Wildman–Crippen MR) is 54.8 cm³/mol. The third-order valence-corrected chi connectivity index (χ3v) is 1.51. The van der Waals surface area contributed by atoms with E-state index in [4.69, 9.17) is 27.3 Å². The van der Waals surface area contributed by atoms with Gasteiger partial charge in [-0.15, -0.1) is 0 Å². The molecule has 0 aliphatic carbocycles. The second-order valence-electron chi connectivity index (χ2n) is 2.40. The molecule has 1 aromatic carbocycles.